The van der Waals surface area contributed by atoms with Crippen molar-refractivity contribution in [3.8, 4) is 0 Å². The van der Waals surface area contributed by atoms with E-state index >= 15 is 0 Å². The van der Waals surface area contributed by atoms with Crippen molar-refractivity contribution in [2.24, 2.45) is 17.6 Å². The molecular formula is C15H23ClN2O2S. The second-order valence-corrected chi connectivity index (χ2v) is 6.82. The molecule has 0 aliphatic heterocycles. The molecule has 2 unspecified atom stereocenters. The average molecular weight is 331 g/mol. The SMILES string of the molecule is CSc1ccc(C(=O)NC2C3CCCC2CC(N)C3)o1.Cl. The summed E-state index contributed by atoms with van der Waals surface area (Å²) in [6.45, 7) is 0. The molecule has 6 heteroatoms. The van der Waals surface area contributed by atoms with E-state index in [4.69, 9.17) is 10.2 Å². The lowest BCUT2D eigenvalue weighted by molar-refractivity contribution is 0.0728. The molecule has 1 heterocycles. The maximum absolute atomic E-state index is 12.3. The zero-order valence-corrected chi connectivity index (χ0v) is 13.8. The van der Waals surface area contributed by atoms with Crippen molar-refractivity contribution in [2.75, 3.05) is 6.26 Å². The van der Waals surface area contributed by atoms with Crippen LogP contribution >= 0.6 is 24.2 Å². The Hall–Kier alpha value is -0.650. The van der Waals surface area contributed by atoms with Crippen molar-refractivity contribution in [1.82, 2.24) is 5.32 Å². The smallest absolute Gasteiger partial charge is 0.287 e. The predicted octanol–water partition coefficient (Wildman–Crippen LogP) is 3.06. The molecule has 2 saturated carbocycles. The highest BCUT2D eigenvalue weighted by atomic mass is 35.5. The summed E-state index contributed by atoms with van der Waals surface area (Å²) in [5.74, 6) is 1.41. The number of amides is 1. The van der Waals surface area contributed by atoms with Crippen LogP contribution in [0.1, 0.15) is 42.7 Å². The van der Waals surface area contributed by atoms with Gasteiger partial charge in [-0.1, -0.05) is 18.2 Å². The Bertz CT molecular complexity index is 480. The number of carbonyl (C=O) groups excluding carboxylic acids is 1. The Kier molecular flexibility index (Phi) is 5.63. The standard InChI is InChI=1S/C15H22N2O2S.ClH/c1-20-13-6-5-12(19-13)15(18)17-14-9-3-2-4-10(14)8-11(16)7-9;/h5-6,9-11,14H,2-4,7-8,16H2,1H3,(H,17,18);1H. The van der Waals surface area contributed by atoms with Crippen LogP contribution in [0.2, 0.25) is 0 Å². The van der Waals surface area contributed by atoms with Gasteiger partial charge in [0.25, 0.3) is 5.91 Å². The molecule has 2 atom stereocenters. The summed E-state index contributed by atoms with van der Waals surface area (Å²) in [6, 6.07) is 4.19. The first-order valence-corrected chi connectivity index (χ1v) is 8.60. The number of hydrogen-bond donors (Lipinski definition) is 2. The van der Waals surface area contributed by atoms with Crippen molar-refractivity contribution in [3.63, 3.8) is 0 Å². The first-order valence-electron chi connectivity index (χ1n) is 7.37. The Morgan fingerprint density at radius 2 is 2.00 bits per heavy atom. The largest absolute Gasteiger partial charge is 0.445 e. The topological polar surface area (TPSA) is 68.3 Å². The Morgan fingerprint density at radius 3 is 2.57 bits per heavy atom. The highest BCUT2D eigenvalue weighted by Crippen LogP contribution is 2.39. The molecule has 118 valence electrons. The van der Waals surface area contributed by atoms with E-state index in [0.29, 0.717) is 23.6 Å². The van der Waals surface area contributed by atoms with Crippen LogP contribution in [0.3, 0.4) is 0 Å². The molecule has 3 rings (SSSR count). The summed E-state index contributed by atoms with van der Waals surface area (Å²) in [6.07, 6.45) is 7.65. The van der Waals surface area contributed by atoms with Crippen LogP contribution in [0.4, 0.5) is 0 Å². The zero-order valence-electron chi connectivity index (χ0n) is 12.2. The van der Waals surface area contributed by atoms with E-state index in [1.807, 2.05) is 12.3 Å². The average Bonchev–Trinajstić information content (AvgIpc) is 2.88. The van der Waals surface area contributed by atoms with Gasteiger partial charge in [0.2, 0.25) is 0 Å². The molecule has 2 aliphatic rings. The molecule has 0 saturated heterocycles. The van der Waals surface area contributed by atoms with Gasteiger partial charge in [0, 0.05) is 12.1 Å². The first kappa shape index (κ1) is 16.7. The third kappa shape index (κ3) is 3.58. The van der Waals surface area contributed by atoms with Crippen LogP contribution in [-0.4, -0.2) is 24.2 Å². The maximum atomic E-state index is 12.3. The molecule has 21 heavy (non-hydrogen) atoms. The van der Waals surface area contributed by atoms with Gasteiger partial charge in [-0.15, -0.1) is 12.4 Å². The van der Waals surface area contributed by atoms with Gasteiger partial charge in [-0.3, -0.25) is 4.79 Å². The molecule has 1 aromatic rings. The van der Waals surface area contributed by atoms with Gasteiger partial charge in [-0.2, -0.15) is 0 Å². The van der Waals surface area contributed by atoms with Crippen LogP contribution in [-0.2, 0) is 0 Å². The molecule has 1 aromatic heterocycles. The van der Waals surface area contributed by atoms with E-state index in [1.54, 1.807) is 6.07 Å². The summed E-state index contributed by atoms with van der Waals surface area (Å²) in [5.41, 5.74) is 6.12. The molecule has 2 bridgehead atoms. The van der Waals surface area contributed by atoms with Crippen molar-refractivity contribution < 1.29 is 9.21 Å². The fraction of sp³-hybridized carbons (Fsp3) is 0.667. The van der Waals surface area contributed by atoms with Crippen LogP contribution in [0.25, 0.3) is 0 Å². The van der Waals surface area contributed by atoms with E-state index in [2.05, 4.69) is 5.32 Å². The Morgan fingerprint density at radius 1 is 1.33 bits per heavy atom. The van der Waals surface area contributed by atoms with Gasteiger partial charge in [-0.25, -0.2) is 0 Å². The first-order chi connectivity index (χ1) is 9.67. The fourth-order valence-corrected chi connectivity index (χ4v) is 4.18. The minimum atomic E-state index is -0.0809. The number of carbonyl (C=O) groups is 1. The van der Waals surface area contributed by atoms with Crippen LogP contribution in [0.5, 0.6) is 0 Å². The number of thioether (sulfide) groups is 1. The molecule has 0 radical (unpaired) electrons. The summed E-state index contributed by atoms with van der Waals surface area (Å²) in [5, 5.41) is 3.98. The van der Waals surface area contributed by atoms with Gasteiger partial charge in [-0.05, 0) is 55.9 Å². The second kappa shape index (κ2) is 7.07. The number of nitrogens with one attached hydrogen (secondary N) is 1. The molecular weight excluding hydrogens is 308 g/mol. The van der Waals surface area contributed by atoms with E-state index < -0.39 is 0 Å². The molecule has 4 nitrogen and oxygen atoms in total. The van der Waals surface area contributed by atoms with Crippen LogP contribution in [0, 0.1) is 11.8 Å². The van der Waals surface area contributed by atoms with E-state index in [1.165, 1.54) is 31.0 Å². The predicted molar refractivity (Wildman–Crippen MR) is 87.0 cm³/mol. The summed E-state index contributed by atoms with van der Waals surface area (Å²) in [4.78, 5) is 12.3. The van der Waals surface area contributed by atoms with Gasteiger partial charge in [0.15, 0.2) is 10.9 Å². The highest BCUT2D eigenvalue weighted by Gasteiger charge is 2.40. The van der Waals surface area contributed by atoms with Crippen molar-refractivity contribution >= 4 is 30.1 Å². The number of hydrogen-bond acceptors (Lipinski definition) is 4. The molecule has 2 fully saturated rings. The number of rotatable bonds is 3. The second-order valence-electron chi connectivity index (χ2n) is 6.00. The van der Waals surface area contributed by atoms with Crippen molar-refractivity contribution in [1.29, 1.82) is 0 Å². The monoisotopic (exact) mass is 330 g/mol. The number of furan rings is 1. The number of fused-ring (bicyclic) bond motifs is 2. The van der Waals surface area contributed by atoms with Crippen LogP contribution in [0.15, 0.2) is 21.6 Å². The zero-order chi connectivity index (χ0) is 14.1. The van der Waals surface area contributed by atoms with E-state index in [-0.39, 0.29) is 24.4 Å². The Labute approximate surface area is 136 Å². The van der Waals surface area contributed by atoms with Gasteiger partial charge >= 0.3 is 0 Å². The normalized spacial score (nSPS) is 31.3. The van der Waals surface area contributed by atoms with Gasteiger partial charge in [0.05, 0.1) is 0 Å². The summed E-state index contributed by atoms with van der Waals surface area (Å²) >= 11 is 1.51. The van der Waals surface area contributed by atoms with Gasteiger partial charge < -0.3 is 15.5 Å². The lowest BCUT2D eigenvalue weighted by atomic mass is 9.67. The van der Waals surface area contributed by atoms with Crippen LogP contribution < -0.4 is 11.1 Å². The minimum Gasteiger partial charge on any atom is -0.445 e. The Balaban J connectivity index is 0.00000161. The van der Waals surface area contributed by atoms with Crippen molar-refractivity contribution in [2.45, 2.75) is 49.3 Å². The molecule has 0 spiro atoms. The molecule has 3 N–H and O–H groups in total. The third-order valence-electron chi connectivity index (χ3n) is 4.68. The lowest BCUT2D eigenvalue weighted by Gasteiger charge is -2.45. The summed E-state index contributed by atoms with van der Waals surface area (Å²) in [7, 11) is 0. The fourth-order valence-electron chi connectivity index (χ4n) is 3.80. The van der Waals surface area contributed by atoms with Crippen molar-refractivity contribution in [3.05, 3.63) is 17.9 Å². The maximum Gasteiger partial charge on any atom is 0.287 e. The highest BCUT2D eigenvalue weighted by molar-refractivity contribution is 7.98. The summed E-state index contributed by atoms with van der Waals surface area (Å²) < 4.78 is 5.51. The minimum absolute atomic E-state index is 0. The number of nitrogens with two attached hydrogens (primary N) is 1. The quantitative estimate of drug-likeness (QED) is 0.836. The molecule has 1 amide bonds. The molecule has 0 aromatic carbocycles. The lowest BCUT2D eigenvalue weighted by Crippen LogP contribution is -2.53. The molecule has 2 aliphatic carbocycles. The van der Waals surface area contributed by atoms with E-state index in [0.717, 1.165) is 17.9 Å². The number of halogens is 1. The van der Waals surface area contributed by atoms with Gasteiger partial charge in [0.1, 0.15) is 0 Å². The third-order valence-corrected chi connectivity index (χ3v) is 5.30. The van der Waals surface area contributed by atoms with E-state index in [9.17, 15) is 4.79 Å².